The van der Waals surface area contributed by atoms with Crippen LogP contribution in [0.4, 0.5) is 5.69 Å². The van der Waals surface area contributed by atoms with E-state index in [1.165, 1.54) is 35.9 Å². The van der Waals surface area contributed by atoms with E-state index in [0.29, 0.717) is 28.8 Å². The van der Waals surface area contributed by atoms with Crippen LogP contribution >= 0.6 is 0 Å². The average Bonchev–Trinajstić information content (AvgIpc) is 3.35. The van der Waals surface area contributed by atoms with Gasteiger partial charge in [-0.15, -0.1) is 0 Å². The largest absolute Gasteiger partial charge is 0.358 e. The van der Waals surface area contributed by atoms with Crippen molar-refractivity contribution in [1.29, 1.82) is 0 Å². The number of benzene rings is 3. The molecular weight excluding hydrogens is 466 g/mol. The molecule has 0 aliphatic rings. The lowest BCUT2D eigenvalue weighted by molar-refractivity contribution is 0.0951. The Labute approximate surface area is 200 Å². The van der Waals surface area contributed by atoms with Crippen LogP contribution in [0.1, 0.15) is 27.2 Å². The number of anilines is 1. The number of hydrogen-bond donors (Lipinski definition) is 5. The summed E-state index contributed by atoms with van der Waals surface area (Å²) in [7, 11) is -3.88. The number of H-pyrrole nitrogens is 3. The molecule has 0 saturated carbocycles. The lowest BCUT2D eigenvalue weighted by Crippen LogP contribution is -2.22. The molecule has 2 heterocycles. The second kappa shape index (κ2) is 8.48. The normalized spacial score (nSPS) is 11.7. The highest BCUT2D eigenvalue weighted by molar-refractivity contribution is 7.92. The summed E-state index contributed by atoms with van der Waals surface area (Å²) in [5.74, 6) is -0.261. The number of carbonyl (C=O) groups excluding carboxylic acids is 1. The van der Waals surface area contributed by atoms with Gasteiger partial charge in [0.1, 0.15) is 0 Å². The van der Waals surface area contributed by atoms with E-state index in [-0.39, 0.29) is 10.8 Å². The summed E-state index contributed by atoms with van der Waals surface area (Å²) in [6.07, 6.45) is 0. The number of amides is 1. The van der Waals surface area contributed by atoms with Gasteiger partial charge < -0.3 is 20.3 Å². The van der Waals surface area contributed by atoms with Gasteiger partial charge in [-0.05, 0) is 79.6 Å². The maximum Gasteiger partial charge on any atom is 0.323 e. The highest BCUT2D eigenvalue weighted by Crippen LogP contribution is 2.23. The molecule has 35 heavy (non-hydrogen) atoms. The lowest BCUT2D eigenvalue weighted by atomic mass is 10.1. The topological polar surface area (TPSA) is 140 Å². The van der Waals surface area contributed by atoms with Crippen molar-refractivity contribution in [2.45, 2.75) is 25.3 Å². The van der Waals surface area contributed by atoms with Crippen molar-refractivity contribution in [2.24, 2.45) is 0 Å². The van der Waals surface area contributed by atoms with Crippen molar-refractivity contribution in [2.75, 3.05) is 4.72 Å². The van der Waals surface area contributed by atoms with Crippen molar-refractivity contribution in [3.63, 3.8) is 0 Å². The van der Waals surface area contributed by atoms with Crippen LogP contribution < -0.4 is 15.7 Å². The molecule has 0 bridgehead atoms. The molecule has 10 heteroatoms. The third-order valence-corrected chi connectivity index (χ3v) is 7.40. The Hall–Kier alpha value is -4.31. The minimum Gasteiger partial charge on any atom is -0.358 e. The summed E-state index contributed by atoms with van der Waals surface area (Å²) in [5, 5.41) is 4.03. The summed E-state index contributed by atoms with van der Waals surface area (Å²) in [6, 6.07) is 16.5. The number of carbonyl (C=O) groups is 1. The summed E-state index contributed by atoms with van der Waals surface area (Å²) in [6.45, 7) is 4.46. The number of hydrogen-bond acceptors (Lipinski definition) is 4. The highest BCUT2D eigenvalue weighted by atomic mass is 32.2. The Morgan fingerprint density at radius 3 is 2.34 bits per heavy atom. The number of sulfonamides is 1. The smallest absolute Gasteiger partial charge is 0.323 e. The number of imidazole rings is 1. The Morgan fingerprint density at radius 1 is 0.857 bits per heavy atom. The zero-order chi connectivity index (χ0) is 24.7. The number of nitrogens with one attached hydrogen (secondary N) is 5. The molecule has 2 aromatic heterocycles. The Bertz CT molecular complexity index is 1740. The van der Waals surface area contributed by atoms with E-state index < -0.39 is 15.7 Å². The third kappa shape index (κ3) is 4.43. The average molecular weight is 490 g/mol. The predicted octanol–water partition coefficient (Wildman–Crippen LogP) is 3.69. The van der Waals surface area contributed by atoms with E-state index in [9.17, 15) is 18.0 Å². The Morgan fingerprint density at radius 2 is 1.57 bits per heavy atom. The third-order valence-electron chi connectivity index (χ3n) is 6.02. The number of aromatic nitrogens is 3. The van der Waals surface area contributed by atoms with Crippen molar-refractivity contribution < 1.29 is 13.2 Å². The van der Waals surface area contributed by atoms with Gasteiger partial charge >= 0.3 is 5.69 Å². The first-order valence-corrected chi connectivity index (χ1v) is 12.4. The van der Waals surface area contributed by atoms with Crippen molar-refractivity contribution in [3.8, 4) is 0 Å². The predicted molar refractivity (Wildman–Crippen MR) is 135 cm³/mol. The molecule has 0 aliphatic carbocycles. The zero-order valence-corrected chi connectivity index (χ0v) is 19.8. The molecule has 0 spiro atoms. The van der Waals surface area contributed by atoms with Crippen LogP contribution in [0.3, 0.4) is 0 Å². The summed E-state index contributed by atoms with van der Waals surface area (Å²) in [5.41, 5.74) is 5.58. The van der Waals surface area contributed by atoms with Crippen molar-refractivity contribution >= 4 is 43.6 Å². The molecule has 0 unspecified atom stereocenters. The standard InChI is InChI=1S/C25H23N5O4S/c1-14-15(2)27-21-9-3-16(11-20(14)21)13-26-24(31)17-4-6-18(7-5-17)30-35(33,34)19-8-10-22-23(12-19)29-25(32)28-22/h3-12,27,30H,13H2,1-2H3,(H,26,31)(H2,28,29,32). The maximum atomic E-state index is 12.8. The fraction of sp³-hybridized carbons (Fsp3) is 0.120. The van der Waals surface area contributed by atoms with E-state index in [4.69, 9.17) is 0 Å². The fourth-order valence-electron chi connectivity index (χ4n) is 3.99. The first-order valence-electron chi connectivity index (χ1n) is 10.9. The lowest BCUT2D eigenvalue weighted by Gasteiger charge is -2.10. The molecule has 1 amide bonds. The van der Waals surface area contributed by atoms with Gasteiger partial charge in [-0.25, -0.2) is 13.2 Å². The van der Waals surface area contributed by atoms with Crippen LogP contribution in [0, 0.1) is 13.8 Å². The molecular formula is C25H23N5O4S. The van der Waals surface area contributed by atoms with Gasteiger partial charge in [0.05, 0.1) is 15.9 Å². The Balaban J connectivity index is 1.26. The second-order valence-corrected chi connectivity index (χ2v) is 10.1. The zero-order valence-electron chi connectivity index (χ0n) is 19.0. The second-order valence-electron chi connectivity index (χ2n) is 8.41. The molecule has 0 radical (unpaired) electrons. The number of rotatable bonds is 6. The van der Waals surface area contributed by atoms with E-state index in [1.54, 1.807) is 12.1 Å². The first kappa shape index (κ1) is 22.5. The Kier molecular flexibility index (Phi) is 5.45. The van der Waals surface area contributed by atoms with Gasteiger partial charge in [-0.3, -0.25) is 9.52 Å². The van der Waals surface area contributed by atoms with Gasteiger partial charge in [0.25, 0.3) is 15.9 Å². The number of aryl methyl sites for hydroxylation is 2. The highest BCUT2D eigenvalue weighted by Gasteiger charge is 2.16. The van der Waals surface area contributed by atoms with Gasteiger partial charge in [0.15, 0.2) is 0 Å². The molecule has 5 aromatic rings. The minimum absolute atomic E-state index is 0.00638. The van der Waals surface area contributed by atoms with Crippen molar-refractivity contribution in [3.05, 3.63) is 93.5 Å². The summed E-state index contributed by atoms with van der Waals surface area (Å²) < 4.78 is 28.0. The van der Waals surface area contributed by atoms with Gasteiger partial charge in [0.2, 0.25) is 0 Å². The van der Waals surface area contributed by atoms with E-state index in [2.05, 4.69) is 38.0 Å². The molecule has 3 aromatic carbocycles. The molecule has 5 rings (SSSR count). The number of fused-ring (bicyclic) bond motifs is 2. The minimum atomic E-state index is -3.88. The van der Waals surface area contributed by atoms with Crippen LogP contribution in [-0.2, 0) is 16.6 Å². The van der Waals surface area contributed by atoms with E-state index in [1.807, 2.05) is 19.1 Å². The van der Waals surface area contributed by atoms with Crippen LogP contribution in [0.25, 0.3) is 21.9 Å². The van der Waals surface area contributed by atoms with Crippen LogP contribution in [0.15, 0.2) is 70.4 Å². The van der Waals surface area contributed by atoms with Crippen LogP contribution in [0.2, 0.25) is 0 Å². The molecule has 5 N–H and O–H groups in total. The summed E-state index contributed by atoms with van der Waals surface area (Å²) >= 11 is 0. The molecule has 0 fully saturated rings. The van der Waals surface area contributed by atoms with E-state index >= 15 is 0 Å². The molecule has 178 valence electrons. The number of aromatic amines is 3. The van der Waals surface area contributed by atoms with Gasteiger partial charge in [0, 0.05) is 34.4 Å². The molecule has 9 nitrogen and oxygen atoms in total. The van der Waals surface area contributed by atoms with Crippen molar-refractivity contribution in [1.82, 2.24) is 20.3 Å². The molecule has 0 saturated heterocycles. The van der Waals surface area contributed by atoms with Crippen LogP contribution in [-0.4, -0.2) is 29.3 Å². The first-order chi connectivity index (χ1) is 16.7. The monoisotopic (exact) mass is 489 g/mol. The molecule has 0 atom stereocenters. The fourth-order valence-corrected chi connectivity index (χ4v) is 5.07. The van der Waals surface area contributed by atoms with Gasteiger partial charge in [-0.2, -0.15) is 0 Å². The van der Waals surface area contributed by atoms with E-state index in [0.717, 1.165) is 22.2 Å². The summed E-state index contributed by atoms with van der Waals surface area (Å²) in [4.78, 5) is 32.5. The van der Waals surface area contributed by atoms with Crippen LogP contribution in [0.5, 0.6) is 0 Å². The quantitative estimate of drug-likeness (QED) is 0.248. The molecule has 0 aliphatic heterocycles. The SMILES string of the molecule is Cc1[nH]c2ccc(CNC(=O)c3ccc(NS(=O)(=O)c4ccc5[nH]c(=O)[nH]c5c4)cc3)cc2c1C. The van der Waals surface area contributed by atoms with Gasteiger partial charge in [-0.1, -0.05) is 6.07 Å². The maximum absolute atomic E-state index is 12.8.